The highest BCUT2D eigenvalue weighted by Crippen LogP contribution is 2.41. The number of aliphatic carboxylic acids is 1. The average Bonchev–Trinajstić information content (AvgIpc) is 2.97. The van der Waals surface area contributed by atoms with Crippen LogP contribution in [0.5, 0.6) is 0 Å². The molecule has 31 heavy (non-hydrogen) atoms. The molecule has 3 amide bonds. The van der Waals surface area contributed by atoms with Crippen LogP contribution in [0.1, 0.15) is 41.0 Å². The second kappa shape index (κ2) is 8.57. The second-order valence-electron chi connectivity index (χ2n) is 9.28. The number of fused-ring (bicyclic) bond motifs is 1. The third-order valence-corrected chi connectivity index (χ3v) is 6.32. The van der Waals surface area contributed by atoms with Crippen molar-refractivity contribution in [3.8, 4) is 0 Å². The fraction of sp³-hybridized carbons (Fsp3) is 0.619. The summed E-state index contributed by atoms with van der Waals surface area (Å²) < 4.78 is 5.20. The van der Waals surface area contributed by atoms with E-state index in [4.69, 9.17) is 4.74 Å². The first-order valence-electron chi connectivity index (χ1n) is 10.3. The van der Waals surface area contributed by atoms with Crippen molar-refractivity contribution < 1.29 is 29.0 Å². The Labute approximate surface area is 185 Å². The van der Waals surface area contributed by atoms with Crippen LogP contribution in [0.25, 0.3) is 0 Å². The number of thioether (sulfide) groups is 1. The number of likely N-dealkylation sites (tertiary alicyclic amines) is 1. The van der Waals surface area contributed by atoms with E-state index in [2.05, 4.69) is 5.32 Å². The predicted octanol–water partition coefficient (Wildman–Crippen LogP) is 1.95. The summed E-state index contributed by atoms with van der Waals surface area (Å²) in [5.41, 5.74) is 0.162. The van der Waals surface area contributed by atoms with Gasteiger partial charge in [-0.1, -0.05) is 13.8 Å². The van der Waals surface area contributed by atoms with Crippen molar-refractivity contribution >= 4 is 35.6 Å². The van der Waals surface area contributed by atoms with Crippen molar-refractivity contribution in [2.24, 2.45) is 5.92 Å². The Morgan fingerprint density at radius 1 is 1.32 bits per heavy atom. The van der Waals surface area contributed by atoms with Crippen LogP contribution >= 0.6 is 11.8 Å². The molecule has 0 spiro atoms. The summed E-state index contributed by atoms with van der Waals surface area (Å²) in [4.78, 5) is 52.3. The lowest BCUT2D eigenvalue weighted by atomic mass is 10.0. The zero-order chi connectivity index (χ0) is 23.1. The molecular weight excluding hydrogens is 422 g/mol. The number of carbonyl (C=O) groups excluding carboxylic acids is 3. The lowest BCUT2D eigenvalue weighted by molar-refractivity contribution is -0.149. The number of alkyl carbamates (subject to hydrolysis) is 1. The Morgan fingerprint density at radius 2 is 2.00 bits per heavy atom. The molecule has 170 valence electrons. The van der Waals surface area contributed by atoms with E-state index in [1.54, 1.807) is 31.7 Å². The number of nitrogens with zero attached hydrogens (tertiary/aromatic N) is 2. The van der Waals surface area contributed by atoms with Crippen molar-refractivity contribution in [1.82, 2.24) is 15.1 Å². The van der Waals surface area contributed by atoms with E-state index in [0.29, 0.717) is 42.3 Å². The summed E-state index contributed by atoms with van der Waals surface area (Å²) in [5, 5.41) is 11.8. The Bertz CT molecular complexity index is 873. The summed E-state index contributed by atoms with van der Waals surface area (Å²) in [6.45, 7) is 10.5. The fourth-order valence-corrected chi connectivity index (χ4v) is 5.12. The molecule has 3 aliphatic heterocycles. The maximum absolute atomic E-state index is 12.7. The summed E-state index contributed by atoms with van der Waals surface area (Å²) in [7, 11) is 0. The standard InChI is InChI=1S/C21H29N3O6S/c1-11(2)9-23-7-6-12(16(23)25)8-13-10-31-18-14(22-20(29)30-21(3,4)5)17(26)24(18)15(13)19(27)28/h8,11,14,18H,6-7,9-10H2,1-5H3,(H,22,29)(H,27,28)/t14-,18-/m1/s1. The Morgan fingerprint density at radius 3 is 2.58 bits per heavy atom. The number of amides is 3. The van der Waals surface area contributed by atoms with Crippen LogP contribution in [0.3, 0.4) is 0 Å². The number of carboxylic acids is 1. The highest BCUT2D eigenvalue weighted by molar-refractivity contribution is 8.00. The molecular formula is C21H29N3O6S. The molecule has 0 aromatic rings. The van der Waals surface area contributed by atoms with Crippen molar-refractivity contribution in [2.45, 2.75) is 58.1 Å². The fourth-order valence-electron chi connectivity index (χ4n) is 3.81. The molecule has 3 rings (SSSR count). The molecule has 9 nitrogen and oxygen atoms in total. The van der Waals surface area contributed by atoms with Crippen LogP contribution in [-0.2, 0) is 19.1 Å². The third-order valence-electron chi connectivity index (χ3n) is 5.02. The van der Waals surface area contributed by atoms with Gasteiger partial charge in [0.05, 0.1) is 0 Å². The highest BCUT2D eigenvalue weighted by Gasteiger charge is 2.54. The first kappa shape index (κ1) is 23.2. The maximum Gasteiger partial charge on any atom is 0.408 e. The molecule has 2 N–H and O–H groups in total. The lowest BCUT2D eigenvalue weighted by Crippen LogP contribution is -2.70. The molecule has 3 heterocycles. The van der Waals surface area contributed by atoms with Gasteiger partial charge >= 0.3 is 12.1 Å². The molecule has 0 bridgehead atoms. The van der Waals surface area contributed by atoms with E-state index < -0.39 is 35.0 Å². The molecule has 10 heteroatoms. The van der Waals surface area contributed by atoms with Crippen LogP contribution in [-0.4, -0.2) is 74.6 Å². The molecule has 3 aliphatic rings. The maximum atomic E-state index is 12.7. The summed E-state index contributed by atoms with van der Waals surface area (Å²) >= 11 is 1.35. The normalized spacial score (nSPS) is 25.2. The van der Waals surface area contributed by atoms with Gasteiger partial charge in [0.15, 0.2) is 0 Å². The van der Waals surface area contributed by atoms with Gasteiger partial charge in [0.2, 0.25) is 5.91 Å². The van der Waals surface area contributed by atoms with E-state index in [-0.39, 0.29) is 11.6 Å². The molecule has 2 atom stereocenters. The Kier molecular flexibility index (Phi) is 6.40. The highest BCUT2D eigenvalue weighted by atomic mass is 32.2. The largest absolute Gasteiger partial charge is 0.477 e. The minimum Gasteiger partial charge on any atom is -0.477 e. The van der Waals surface area contributed by atoms with E-state index in [1.165, 1.54) is 16.7 Å². The number of ether oxygens (including phenoxy) is 1. The van der Waals surface area contributed by atoms with Crippen molar-refractivity contribution in [2.75, 3.05) is 18.8 Å². The van der Waals surface area contributed by atoms with Gasteiger partial charge in [0, 0.05) is 24.4 Å². The van der Waals surface area contributed by atoms with Crippen molar-refractivity contribution in [3.63, 3.8) is 0 Å². The molecule has 0 radical (unpaired) electrons. The zero-order valence-electron chi connectivity index (χ0n) is 18.4. The van der Waals surface area contributed by atoms with Gasteiger partial charge in [-0.15, -0.1) is 11.8 Å². The average molecular weight is 452 g/mol. The van der Waals surface area contributed by atoms with Gasteiger partial charge in [0.25, 0.3) is 5.91 Å². The molecule has 0 saturated carbocycles. The number of rotatable bonds is 5. The quantitative estimate of drug-likeness (QED) is 0.485. The van der Waals surface area contributed by atoms with E-state index in [9.17, 15) is 24.3 Å². The summed E-state index contributed by atoms with van der Waals surface area (Å²) in [6.07, 6.45) is 1.45. The number of carbonyl (C=O) groups is 4. The summed E-state index contributed by atoms with van der Waals surface area (Å²) in [5.74, 6) is -1.15. The van der Waals surface area contributed by atoms with Gasteiger partial charge in [-0.3, -0.25) is 14.5 Å². The Hall–Kier alpha value is -2.49. The number of hydrogen-bond acceptors (Lipinski definition) is 6. The number of hydrogen-bond donors (Lipinski definition) is 2. The SMILES string of the molecule is CC(C)CN1CCC(=CC2=C(C(=O)O)N3C(=O)[C@@H](NC(=O)OC(C)(C)C)[C@H]3SC2)C1=O. The van der Waals surface area contributed by atoms with E-state index >= 15 is 0 Å². The number of β-lactam (4-membered cyclic amide) rings is 1. The van der Waals surface area contributed by atoms with Crippen LogP contribution in [0.4, 0.5) is 4.79 Å². The van der Waals surface area contributed by atoms with Crippen LogP contribution in [0, 0.1) is 5.92 Å². The molecule has 0 aromatic carbocycles. The lowest BCUT2D eigenvalue weighted by Gasteiger charge is -2.49. The molecule has 0 aromatic heterocycles. The van der Waals surface area contributed by atoms with Gasteiger partial charge in [-0.05, 0) is 44.8 Å². The monoisotopic (exact) mass is 451 g/mol. The van der Waals surface area contributed by atoms with Crippen LogP contribution in [0.2, 0.25) is 0 Å². The minimum absolute atomic E-state index is 0.0857. The van der Waals surface area contributed by atoms with Crippen molar-refractivity contribution in [3.05, 3.63) is 22.9 Å². The Balaban J connectivity index is 1.78. The number of carboxylic acid groups (broad SMARTS) is 1. The van der Waals surface area contributed by atoms with Crippen LogP contribution < -0.4 is 5.32 Å². The minimum atomic E-state index is -1.23. The smallest absolute Gasteiger partial charge is 0.408 e. The van der Waals surface area contributed by atoms with Gasteiger partial charge < -0.3 is 20.1 Å². The van der Waals surface area contributed by atoms with Gasteiger partial charge in [0.1, 0.15) is 22.7 Å². The first-order chi connectivity index (χ1) is 14.4. The summed E-state index contributed by atoms with van der Waals surface area (Å²) in [6, 6.07) is -0.849. The number of nitrogens with one attached hydrogen (secondary N) is 1. The number of allylic oxidation sites excluding steroid dienone is 1. The zero-order valence-corrected chi connectivity index (χ0v) is 19.2. The topological polar surface area (TPSA) is 116 Å². The van der Waals surface area contributed by atoms with E-state index in [0.717, 1.165) is 0 Å². The molecule has 2 fully saturated rings. The van der Waals surface area contributed by atoms with Crippen LogP contribution in [0.15, 0.2) is 22.9 Å². The molecule has 0 unspecified atom stereocenters. The first-order valence-corrected chi connectivity index (χ1v) is 11.3. The molecule has 0 aliphatic carbocycles. The second-order valence-corrected chi connectivity index (χ2v) is 10.4. The van der Waals surface area contributed by atoms with Gasteiger partial charge in [-0.2, -0.15) is 0 Å². The third kappa shape index (κ3) is 4.89. The van der Waals surface area contributed by atoms with Gasteiger partial charge in [-0.25, -0.2) is 9.59 Å². The van der Waals surface area contributed by atoms with Crippen molar-refractivity contribution in [1.29, 1.82) is 0 Å². The molecule has 2 saturated heterocycles. The van der Waals surface area contributed by atoms with E-state index in [1.807, 2.05) is 13.8 Å². The predicted molar refractivity (Wildman–Crippen MR) is 115 cm³/mol.